The van der Waals surface area contributed by atoms with E-state index in [2.05, 4.69) is 22.2 Å². The molecule has 0 aliphatic carbocycles. The summed E-state index contributed by atoms with van der Waals surface area (Å²) >= 11 is 1.75. The van der Waals surface area contributed by atoms with Crippen molar-refractivity contribution < 1.29 is 0 Å². The monoisotopic (exact) mass is 284 g/mol. The van der Waals surface area contributed by atoms with Crippen molar-refractivity contribution in [3.63, 3.8) is 0 Å². The maximum Gasteiger partial charge on any atom is 0.112 e. The topological polar surface area (TPSA) is 63.8 Å². The Morgan fingerprint density at radius 1 is 1.25 bits per heavy atom. The summed E-state index contributed by atoms with van der Waals surface area (Å²) in [7, 11) is 0. The van der Waals surface area contributed by atoms with Gasteiger partial charge in [-0.1, -0.05) is 19.1 Å². The number of benzene rings is 1. The zero-order valence-corrected chi connectivity index (χ0v) is 12.1. The minimum Gasteiger partial charge on any atom is -0.397 e. The number of nitrogens with one attached hydrogen (secondary N) is 1. The van der Waals surface area contributed by atoms with Crippen LogP contribution in [-0.2, 0) is 13.0 Å². The van der Waals surface area contributed by atoms with Crippen molar-refractivity contribution in [2.24, 2.45) is 0 Å². The van der Waals surface area contributed by atoms with E-state index >= 15 is 0 Å². The maximum atomic E-state index is 5.95. The van der Waals surface area contributed by atoms with E-state index in [4.69, 9.17) is 5.73 Å². The highest BCUT2D eigenvalue weighted by atomic mass is 32.1. The van der Waals surface area contributed by atoms with E-state index < -0.39 is 0 Å². The number of anilines is 2. The SMILES string of the molecule is CCc1cnc(CNc2ccnc3c(N)cccc23)s1. The van der Waals surface area contributed by atoms with Gasteiger partial charge in [-0.05, 0) is 18.6 Å². The Morgan fingerprint density at radius 2 is 2.15 bits per heavy atom. The van der Waals surface area contributed by atoms with Crippen LogP contribution in [0.1, 0.15) is 16.8 Å². The summed E-state index contributed by atoms with van der Waals surface area (Å²) in [5.74, 6) is 0. The van der Waals surface area contributed by atoms with Crippen molar-refractivity contribution in [1.82, 2.24) is 9.97 Å². The van der Waals surface area contributed by atoms with Gasteiger partial charge in [0.25, 0.3) is 0 Å². The molecule has 0 unspecified atom stereocenters. The standard InChI is InChI=1S/C15H16N4S/c1-2-10-8-19-14(20-10)9-18-13-6-7-17-15-11(13)4-3-5-12(15)16/h3-8H,2,9,16H2,1H3,(H,17,18). The summed E-state index contributed by atoms with van der Waals surface area (Å²) in [5.41, 5.74) is 8.53. The first-order valence-electron chi connectivity index (χ1n) is 6.58. The molecule has 0 amide bonds. The second-order valence-corrected chi connectivity index (χ2v) is 5.73. The van der Waals surface area contributed by atoms with Crippen molar-refractivity contribution in [3.8, 4) is 0 Å². The average Bonchev–Trinajstić information content (AvgIpc) is 2.94. The van der Waals surface area contributed by atoms with Gasteiger partial charge in [-0.15, -0.1) is 11.3 Å². The van der Waals surface area contributed by atoms with E-state index in [-0.39, 0.29) is 0 Å². The number of nitrogens with two attached hydrogens (primary N) is 1. The molecule has 0 aliphatic heterocycles. The van der Waals surface area contributed by atoms with Crippen molar-refractivity contribution in [2.45, 2.75) is 19.9 Å². The van der Waals surface area contributed by atoms with E-state index in [0.29, 0.717) is 5.69 Å². The number of pyridine rings is 1. The Morgan fingerprint density at radius 3 is 2.95 bits per heavy atom. The smallest absolute Gasteiger partial charge is 0.112 e. The molecule has 102 valence electrons. The molecule has 2 aromatic heterocycles. The molecule has 0 radical (unpaired) electrons. The highest BCUT2D eigenvalue weighted by Crippen LogP contribution is 2.26. The number of fused-ring (bicyclic) bond motifs is 1. The lowest BCUT2D eigenvalue weighted by atomic mass is 10.1. The Balaban J connectivity index is 1.85. The van der Waals surface area contributed by atoms with Gasteiger partial charge in [0.2, 0.25) is 0 Å². The van der Waals surface area contributed by atoms with Crippen LogP contribution in [-0.4, -0.2) is 9.97 Å². The molecule has 0 spiro atoms. The zero-order chi connectivity index (χ0) is 13.9. The molecule has 0 saturated heterocycles. The number of hydrogen-bond donors (Lipinski definition) is 2. The Kier molecular flexibility index (Phi) is 3.52. The molecule has 3 aromatic rings. The van der Waals surface area contributed by atoms with E-state index in [9.17, 15) is 0 Å². The lowest BCUT2D eigenvalue weighted by Crippen LogP contribution is -2.00. The molecule has 3 N–H and O–H groups in total. The second kappa shape index (κ2) is 5.46. The van der Waals surface area contributed by atoms with Crippen LogP contribution in [0.25, 0.3) is 10.9 Å². The highest BCUT2D eigenvalue weighted by molar-refractivity contribution is 7.11. The van der Waals surface area contributed by atoms with Crippen LogP contribution in [0.15, 0.2) is 36.7 Å². The minimum atomic E-state index is 0.702. The average molecular weight is 284 g/mol. The molecular formula is C15H16N4S. The largest absolute Gasteiger partial charge is 0.397 e. The third kappa shape index (κ3) is 2.44. The number of para-hydroxylation sites is 1. The number of nitrogen functional groups attached to an aromatic ring is 1. The molecule has 0 saturated carbocycles. The third-order valence-electron chi connectivity index (χ3n) is 3.18. The fraction of sp³-hybridized carbons (Fsp3) is 0.200. The van der Waals surface area contributed by atoms with Crippen LogP contribution in [0.2, 0.25) is 0 Å². The Bertz CT molecular complexity index is 736. The van der Waals surface area contributed by atoms with Gasteiger partial charge in [0.1, 0.15) is 5.01 Å². The summed E-state index contributed by atoms with van der Waals surface area (Å²) < 4.78 is 0. The third-order valence-corrected chi connectivity index (χ3v) is 4.32. The number of aromatic nitrogens is 2. The number of rotatable bonds is 4. The van der Waals surface area contributed by atoms with Crippen LogP contribution in [0, 0.1) is 0 Å². The predicted octanol–water partition coefficient (Wildman–Crippen LogP) is 3.45. The molecule has 0 fully saturated rings. The lowest BCUT2D eigenvalue weighted by molar-refractivity contribution is 1.10. The summed E-state index contributed by atoms with van der Waals surface area (Å²) in [6.07, 6.45) is 4.76. The molecule has 1 aromatic carbocycles. The van der Waals surface area contributed by atoms with Gasteiger partial charge in [-0.2, -0.15) is 0 Å². The fourth-order valence-corrected chi connectivity index (χ4v) is 2.92. The normalized spacial score (nSPS) is 10.8. The van der Waals surface area contributed by atoms with Crippen molar-refractivity contribution in [2.75, 3.05) is 11.1 Å². The summed E-state index contributed by atoms with van der Waals surface area (Å²) in [4.78, 5) is 10.1. The van der Waals surface area contributed by atoms with Crippen molar-refractivity contribution in [1.29, 1.82) is 0 Å². The molecular weight excluding hydrogens is 268 g/mol. The minimum absolute atomic E-state index is 0.702. The van der Waals surface area contributed by atoms with Crippen LogP contribution in [0.4, 0.5) is 11.4 Å². The fourth-order valence-electron chi connectivity index (χ4n) is 2.12. The molecule has 4 nitrogen and oxygen atoms in total. The quantitative estimate of drug-likeness (QED) is 0.720. The Hall–Kier alpha value is -2.14. The van der Waals surface area contributed by atoms with Gasteiger partial charge in [-0.3, -0.25) is 4.98 Å². The van der Waals surface area contributed by atoms with Crippen molar-refractivity contribution in [3.05, 3.63) is 46.5 Å². The number of thiazole rings is 1. The van der Waals surface area contributed by atoms with E-state index in [1.54, 1.807) is 17.5 Å². The van der Waals surface area contributed by atoms with E-state index in [0.717, 1.165) is 34.6 Å². The van der Waals surface area contributed by atoms with Gasteiger partial charge < -0.3 is 11.1 Å². The molecule has 5 heteroatoms. The summed E-state index contributed by atoms with van der Waals surface area (Å²) in [6, 6.07) is 7.81. The maximum absolute atomic E-state index is 5.95. The zero-order valence-electron chi connectivity index (χ0n) is 11.3. The molecule has 3 rings (SSSR count). The van der Waals surface area contributed by atoms with Gasteiger partial charge in [0, 0.05) is 28.3 Å². The first-order chi connectivity index (χ1) is 9.78. The molecule has 0 atom stereocenters. The van der Waals surface area contributed by atoms with E-state index in [1.165, 1.54) is 4.88 Å². The van der Waals surface area contributed by atoms with Crippen LogP contribution >= 0.6 is 11.3 Å². The van der Waals surface area contributed by atoms with Crippen LogP contribution in [0.5, 0.6) is 0 Å². The van der Waals surface area contributed by atoms with E-state index in [1.807, 2.05) is 30.5 Å². The van der Waals surface area contributed by atoms with Gasteiger partial charge in [0.05, 0.1) is 17.7 Å². The lowest BCUT2D eigenvalue weighted by Gasteiger charge is -2.09. The van der Waals surface area contributed by atoms with Gasteiger partial charge in [0.15, 0.2) is 0 Å². The number of aryl methyl sites for hydroxylation is 1. The summed E-state index contributed by atoms with van der Waals surface area (Å²) in [5, 5.41) is 5.56. The first-order valence-corrected chi connectivity index (χ1v) is 7.40. The van der Waals surface area contributed by atoms with Gasteiger partial charge >= 0.3 is 0 Å². The molecule has 20 heavy (non-hydrogen) atoms. The summed E-state index contributed by atoms with van der Waals surface area (Å²) in [6.45, 7) is 2.86. The second-order valence-electron chi connectivity index (χ2n) is 4.53. The van der Waals surface area contributed by atoms with Crippen LogP contribution in [0.3, 0.4) is 0 Å². The molecule has 2 heterocycles. The molecule has 0 bridgehead atoms. The number of hydrogen-bond acceptors (Lipinski definition) is 5. The first kappa shape index (κ1) is 12.9. The van der Waals surface area contributed by atoms with Gasteiger partial charge in [-0.25, -0.2) is 4.98 Å². The van der Waals surface area contributed by atoms with Crippen molar-refractivity contribution >= 4 is 33.6 Å². The highest BCUT2D eigenvalue weighted by Gasteiger charge is 2.05. The van der Waals surface area contributed by atoms with Crippen LogP contribution < -0.4 is 11.1 Å². The Labute approximate surface area is 121 Å². The molecule has 0 aliphatic rings. The predicted molar refractivity (Wildman–Crippen MR) is 85.0 cm³/mol. The number of nitrogens with zero attached hydrogens (tertiary/aromatic N) is 2.